The van der Waals surface area contributed by atoms with Gasteiger partial charge in [-0.15, -0.1) is 0 Å². The monoisotopic (exact) mass is 254 g/mol. The molecule has 0 saturated carbocycles. The number of hydrogen-bond acceptors (Lipinski definition) is 3. The van der Waals surface area contributed by atoms with Gasteiger partial charge in [0.2, 0.25) is 0 Å². The SMILES string of the molecule is COc1cc(N)cc(NCC2Cc3ccccc32)c1. The summed E-state index contributed by atoms with van der Waals surface area (Å²) in [6.07, 6.45) is 1.16. The summed E-state index contributed by atoms with van der Waals surface area (Å²) in [6, 6.07) is 14.4. The fourth-order valence-corrected chi connectivity index (χ4v) is 2.63. The molecule has 2 aromatic carbocycles. The van der Waals surface area contributed by atoms with E-state index >= 15 is 0 Å². The topological polar surface area (TPSA) is 47.3 Å². The highest BCUT2D eigenvalue weighted by atomic mass is 16.5. The van der Waals surface area contributed by atoms with Crippen LogP contribution in [0.2, 0.25) is 0 Å². The van der Waals surface area contributed by atoms with E-state index in [1.807, 2.05) is 18.2 Å². The average molecular weight is 254 g/mol. The Balaban J connectivity index is 1.66. The van der Waals surface area contributed by atoms with E-state index in [0.717, 1.165) is 30.1 Å². The van der Waals surface area contributed by atoms with Crippen LogP contribution in [0.3, 0.4) is 0 Å². The lowest BCUT2D eigenvalue weighted by molar-refractivity contribution is 0.415. The van der Waals surface area contributed by atoms with Gasteiger partial charge in [-0.05, 0) is 23.6 Å². The van der Waals surface area contributed by atoms with Gasteiger partial charge in [-0.2, -0.15) is 0 Å². The van der Waals surface area contributed by atoms with Gasteiger partial charge in [0.05, 0.1) is 7.11 Å². The second-order valence-electron chi connectivity index (χ2n) is 4.98. The van der Waals surface area contributed by atoms with Crippen molar-refractivity contribution < 1.29 is 4.74 Å². The van der Waals surface area contributed by atoms with E-state index in [2.05, 4.69) is 29.6 Å². The number of anilines is 2. The summed E-state index contributed by atoms with van der Waals surface area (Å²) in [5.41, 5.74) is 10.5. The van der Waals surface area contributed by atoms with Gasteiger partial charge in [-0.3, -0.25) is 0 Å². The molecule has 19 heavy (non-hydrogen) atoms. The quantitative estimate of drug-likeness (QED) is 0.824. The van der Waals surface area contributed by atoms with E-state index in [-0.39, 0.29) is 0 Å². The van der Waals surface area contributed by atoms with Crippen LogP contribution in [-0.4, -0.2) is 13.7 Å². The molecule has 3 heteroatoms. The molecule has 2 aromatic rings. The first-order chi connectivity index (χ1) is 9.26. The predicted molar refractivity (Wildman–Crippen MR) is 78.8 cm³/mol. The molecule has 3 rings (SSSR count). The highest BCUT2D eigenvalue weighted by molar-refractivity contribution is 5.59. The lowest BCUT2D eigenvalue weighted by atomic mass is 9.77. The molecule has 1 unspecified atom stereocenters. The van der Waals surface area contributed by atoms with Gasteiger partial charge in [-0.1, -0.05) is 24.3 Å². The predicted octanol–water partition coefficient (Wildman–Crippen LogP) is 3.03. The Morgan fingerprint density at radius 1 is 1.26 bits per heavy atom. The van der Waals surface area contributed by atoms with Crippen molar-refractivity contribution in [1.29, 1.82) is 0 Å². The van der Waals surface area contributed by atoms with Crippen molar-refractivity contribution in [2.45, 2.75) is 12.3 Å². The Kier molecular flexibility index (Phi) is 3.03. The van der Waals surface area contributed by atoms with Gasteiger partial charge in [0.1, 0.15) is 5.75 Å². The summed E-state index contributed by atoms with van der Waals surface area (Å²) >= 11 is 0. The third-order valence-corrected chi connectivity index (χ3v) is 3.68. The number of nitrogen functional groups attached to an aromatic ring is 1. The summed E-state index contributed by atoms with van der Waals surface area (Å²) in [7, 11) is 1.65. The number of fused-ring (bicyclic) bond motifs is 1. The minimum atomic E-state index is 0.601. The molecule has 0 bridgehead atoms. The molecule has 0 heterocycles. The first-order valence-corrected chi connectivity index (χ1v) is 6.52. The molecule has 0 amide bonds. The molecule has 98 valence electrons. The summed E-state index contributed by atoms with van der Waals surface area (Å²) in [4.78, 5) is 0. The number of nitrogens with two attached hydrogens (primary N) is 1. The van der Waals surface area contributed by atoms with Crippen LogP contribution in [0.1, 0.15) is 17.0 Å². The van der Waals surface area contributed by atoms with Crippen LogP contribution in [0.15, 0.2) is 42.5 Å². The Hall–Kier alpha value is -2.16. The van der Waals surface area contributed by atoms with Crippen molar-refractivity contribution in [1.82, 2.24) is 0 Å². The van der Waals surface area contributed by atoms with E-state index < -0.39 is 0 Å². The minimum absolute atomic E-state index is 0.601. The van der Waals surface area contributed by atoms with E-state index in [1.54, 1.807) is 7.11 Å². The maximum atomic E-state index is 5.84. The maximum absolute atomic E-state index is 5.84. The van der Waals surface area contributed by atoms with Crippen LogP contribution < -0.4 is 15.8 Å². The second kappa shape index (κ2) is 4.84. The molecule has 3 N–H and O–H groups in total. The molecule has 0 saturated heterocycles. The summed E-state index contributed by atoms with van der Waals surface area (Å²) in [6.45, 7) is 0.934. The Bertz CT molecular complexity index is 595. The van der Waals surface area contributed by atoms with Crippen LogP contribution in [0, 0.1) is 0 Å². The summed E-state index contributed by atoms with van der Waals surface area (Å²) in [5.74, 6) is 1.39. The van der Waals surface area contributed by atoms with Crippen LogP contribution in [-0.2, 0) is 6.42 Å². The molecule has 3 nitrogen and oxygen atoms in total. The molecule has 0 aromatic heterocycles. The van der Waals surface area contributed by atoms with Crippen molar-refractivity contribution in [2.24, 2.45) is 0 Å². The fourth-order valence-electron chi connectivity index (χ4n) is 2.63. The number of ether oxygens (including phenoxy) is 1. The molecule has 1 atom stereocenters. The number of methoxy groups -OCH3 is 1. The number of hydrogen-bond donors (Lipinski definition) is 2. The van der Waals surface area contributed by atoms with Gasteiger partial charge in [0.15, 0.2) is 0 Å². The first-order valence-electron chi connectivity index (χ1n) is 6.52. The van der Waals surface area contributed by atoms with Crippen molar-refractivity contribution >= 4 is 11.4 Å². The van der Waals surface area contributed by atoms with Crippen molar-refractivity contribution in [3.8, 4) is 5.75 Å². The zero-order chi connectivity index (χ0) is 13.2. The highest BCUT2D eigenvalue weighted by Gasteiger charge is 2.24. The number of rotatable bonds is 4. The zero-order valence-corrected chi connectivity index (χ0v) is 11.0. The van der Waals surface area contributed by atoms with E-state index in [1.165, 1.54) is 11.1 Å². The molecule has 0 spiro atoms. The molecule has 0 aliphatic heterocycles. The Morgan fingerprint density at radius 2 is 2.11 bits per heavy atom. The molecular weight excluding hydrogens is 236 g/mol. The fraction of sp³-hybridized carbons (Fsp3) is 0.250. The van der Waals surface area contributed by atoms with Crippen LogP contribution in [0.5, 0.6) is 5.75 Å². The van der Waals surface area contributed by atoms with Gasteiger partial charge in [-0.25, -0.2) is 0 Å². The number of benzene rings is 2. The lowest BCUT2D eigenvalue weighted by Gasteiger charge is -2.30. The standard InChI is InChI=1S/C16H18N2O/c1-19-15-8-13(17)7-14(9-15)18-10-12-6-11-4-2-3-5-16(11)12/h2-5,7-9,12,18H,6,10,17H2,1H3. The van der Waals surface area contributed by atoms with Gasteiger partial charge in [0.25, 0.3) is 0 Å². The van der Waals surface area contributed by atoms with Crippen molar-refractivity contribution in [3.05, 3.63) is 53.6 Å². The zero-order valence-electron chi connectivity index (χ0n) is 11.0. The second-order valence-corrected chi connectivity index (χ2v) is 4.98. The largest absolute Gasteiger partial charge is 0.497 e. The van der Waals surface area contributed by atoms with E-state index in [9.17, 15) is 0 Å². The van der Waals surface area contributed by atoms with E-state index in [4.69, 9.17) is 10.5 Å². The normalized spacial score (nSPS) is 16.4. The van der Waals surface area contributed by atoms with Gasteiger partial charge < -0.3 is 15.8 Å². The Labute approximate surface area is 113 Å². The third-order valence-electron chi connectivity index (χ3n) is 3.68. The van der Waals surface area contributed by atoms with Crippen LogP contribution in [0.25, 0.3) is 0 Å². The highest BCUT2D eigenvalue weighted by Crippen LogP contribution is 2.35. The number of nitrogens with one attached hydrogen (secondary N) is 1. The van der Waals surface area contributed by atoms with Gasteiger partial charge in [0, 0.05) is 36.0 Å². The molecular formula is C16H18N2O. The first kappa shape index (κ1) is 11.9. The lowest BCUT2D eigenvalue weighted by Crippen LogP contribution is -2.24. The van der Waals surface area contributed by atoms with Crippen LogP contribution >= 0.6 is 0 Å². The Morgan fingerprint density at radius 3 is 2.89 bits per heavy atom. The molecule has 0 fully saturated rings. The summed E-state index contributed by atoms with van der Waals surface area (Å²) in [5, 5.41) is 3.44. The van der Waals surface area contributed by atoms with Crippen molar-refractivity contribution in [2.75, 3.05) is 24.7 Å². The maximum Gasteiger partial charge on any atom is 0.122 e. The summed E-state index contributed by atoms with van der Waals surface area (Å²) < 4.78 is 5.22. The van der Waals surface area contributed by atoms with E-state index in [0.29, 0.717) is 5.92 Å². The smallest absolute Gasteiger partial charge is 0.122 e. The minimum Gasteiger partial charge on any atom is -0.497 e. The molecule has 0 radical (unpaired) electrons. The van der Waals surface area contributed by atoms with Crippen LogP contribution in [0.4, 0.5) is 11.4 Å². The van der Waals surface area contributed by atoms with Crippen molar-refractivity contribution in [3.63, 3.8) is 0 Å². The van der Waals surface area contributed by atoms with Gasteiger partial charge >= 0.3 is 0 Å². The average Bonchev–Trinajstić information content (AvgIpc) is 2.39. The third kappa shape index (κ3) is 2.36. The molecule has 1 aliphatic rings. The molecule has 1 aliphatic carbocycles.